The summed E-state index contributed by atoms with van der Waals surface area (Å²) in [7, 11) is 0. The summed E-state index contributed by atoms with van der Waals surface area (Å²) in [4.78, 5) is 9.65. The molecule has 0 bridgehead atoms. The Bertz CT molecular complexity index is 847. The average Bonchev–Trinajstić information content (AvgIpc) is 3.32. The first-order valence-electron chi connectivity index (χ1n) is 8.22. The van der Waals surface area contributed by atoms with Crippen LogP contribution < -0.4 is 5.32 Å². The molecular weight excluding hydrogens is 286 g/mol. The van der Waals surface area contributed by atoms with Gasteiger partial charge in [-0.25, -0.2) is 14.6 Å². The molecule has 23 heavy (non-hydrogen) atoms. The highest BCUT2D eigenvalue weighted by Crippen LogP contribution is 2.40. The van der Waals surface area contributed by atoms with Crippen LogP contribution in [0, 0.1) is 6.92 Å². The molecule has 3 aromatic rings. The summed E-state index contributed by atoms with van der Waals surface area (Å²) in [5.74, 6) is 2.36. The maximum Gasteiger partial charge on any atom is 0.168 e. The predicted octanol–water partition coefficient (Wildman–Crippen LogP) is 3.82. The van der Waals surface area contributed by atoms with Crippen molar-refractivity contribution in [1.82, 2.24) is 19.7 Å². The fourth-order valence-corrected chi connectivity index (χ4v) is 2.85. The lowest BCUT2D eigenvalue weighted by Crippen LogP contribution is -2.13. The number of fused-ring (bicyclic) bond motifs is 1. The number of hydrogen-bond donors (Lipinski definition) is 1. The van der Waals surface area contributed by atoms with E-state index in [1.807, 2.05) is 29.8 Å². The normalized spacial score (nSPS) is 14.6. The fraction of sp³-hybridized carbons (Fsp3) is 0.389. The molecule has 2 heterocycles. The molecule has 0 radical (unpaired) electrons. The van der Waals surface area contributed by atoms with Crippen molar-refractivity contribution in [2.45, 2.75) is 45.6 Å². The average molecular weight is 307 g/mol. The Morgan fingerprint density at radius 2 is 1.87 bits per heavy atom. The number of aromatic nitrogens is 4. The van der Waals surface area contributed by atoms with Gasteiger partial charge in [-0.15, -0.1) is 0 Å². The highest BCUT2D eigenvalue weighted by atomic mass is 15.3. The van der Waals surface area contributed by atoms with Crippen LogP contribution in [0.4, 0.5) is 5.82 Å². The molecule has 5 nitrogen and oxygen atoms in total. The monoisotopic (exact) mass is 307 g/mol. The molecule has 1 aliphatic carbocycles. The summed E-state index contributed by atoms with van der Waals surface area (Å²) < 4.78 is 1.93. The minimum Gasteiger partial charge on any atom is -0.367 e. The maximum absolute atomic E-state index is 4.85. The smallest absolute Gasteiger partial charge is 0.168 e. The van der Waals surface area contributed by atoms with Crippen molar-refractivity contribution in [2.75, 3.05) is 5.32 Å². The lowest BCUT2D eigenvalue weighted by atomic mass is 10.2. The van der Waals surface area contributed by atoms with Gasteiger partial charge in [0.2, 0.25) is 0 Å². The van der Waals surface area contributed by atoms with Crippen LogP contribution in [0.5, 0.6) is 0 Å². The van der Waals surface area contributed by atoms with Crippen molar-refractivity contribution in [3.63, 3.8) is 0 Å². The Morgan fingerprint density at radius 3 is 2.52 bits per heavy atom. The van der Waals surface area contributed by atoms with Gasteiger partial charge in [-0.3, -0.25) is 0 Å². The van der Waals surface area contributed by atoms with Crippen molar-refractivity contribution >= 4 is 16.9 Å². The van der Waals surface area contributed by atoms with Crippen molar-refractivity contribution in [3.05, 3.63) is 41.9 Å². The number of nitrogens with one attached hydrogen (secondary N) is 1. The van der Waals surface area contributed by atoms with Gasteiger partial charge in [0.15, 0.2) is 5.65 Å². The number of nitrogens with zero attached hydrogens (tertiary/aromatic N) is 4. The van der Waals surface area contributed by atoms with Gasteiger partial charge in [0, 0.05) is 12.0 Å². The van der Waals surface area contributed by atoms with E-state index in [2.05, 4.69) is 31.3 Å². The van der Waals surface area contributed by atoms with Gasteiger partial charge in [-0.1, -0.05) is 18.2 Å². The molecule has 0 atom stereocenters. The van der Waals surface area contributed by atoms with Crippen LogP contribution in [0.25, 0.3) is 16.7 Å². The molecule has 2 aromatic heterocycles. The molecule has 4 rings (SSSR count). The highest BCUT2D eigenvalue weighted by molar-refractivity contribution is 5.90. The maximum atomic E-state index is 4.85. The zero-order valence-electron chi connectivity index (χ0n) is 13.7. The molecule has 1 aromatic carbocycles. The van der Waals surface area contributed by atoms with E-state index in [1.165, 1.54) is 12.8 Å². The zero-order valence-corrected chi connectivity index (χ0v) is 13.7. The van der Waals surface area contributed by atoms with Crippen LogP contribution in [-0.4, -0.2) is 25.8 Å². The number of hydrogen-bond acceptors (Lipinski definition) is 4. The van der Waals surface area contributed by atoms with Gasteiger partial charge in [0.1, 0.15) is 11.6 Å². The van der Waals surface area contributed by atoms with Crippen molar-refractivity contribution in [2.24, 2.45) is 0 Å². The molecule has 0 unspecified atom stereocenters. The molecule has 0 amide bonds. The standard InChI is InChI=1S/C18H21N5/c1-11(2)19-17-15-12(3)22-23(14-7-5-4-6-8-14)18(15)21-16(20-17)13-9-10-13/h4-8,11,13H,9-10H2,1-3H3,(H,19,20,21). The molecule has 1 N–H and O–H groups in total. The Hall–Kier alpha value is -2.43. The lowest BCUT2D eigenvalue weighted by molar-refractivity contribution is 0.854. The number of anilines is 1. The van der Waals surface area contributed by atoms with E-state index in [-0.39, 0.29) is 0 Å². The number of rotatable bonds is 4. The van der Waals surface area contributed by atoms with E-state index in [0.717, 1.165) is 34.1 Å². The quantitative estimate of drug-likeness (QED) is 0.796. The molecule has 0 saturated heterocycles. The third-order valence-electron chi connectivity index (χ3n) is 4.09. The van der Waals surface area contributed by atoms with E-state index >= 15 is 0 Å². The second-order valence-electron chi connectivity index (χ2n) is 6.54. The molecule has 0 spiro atoms. The van der Waals surface area contributed by atoms with Crippen LogP contribution in [0.1, 0.15) is 44.1 Å². The summed E-state index contributed by atoms with van der Waals surface area (Å²) in [6, 6.07) is 10.5. The highest BCUT2D eigenvalue weighted by Gasteiger charge is 2.29. The predicted molar refractivity (Wildman–Crippen MR) is 92.1 cm³/mol. The number of aryl methyl sites for hydroxylation is 1. The van der Waals surface area contributed by atoms with Gasteiger partial charge in [0.05, 0.1) is 16.8 Å². The fourth-order valence-electron chi connectivity index (χ4n) is 2.85. The summed E-state index contributed by atoms with van der Waals surface area (Å²) >= 11 is 0. The van der Waals surface area contributed by atoms with Crippen molar-refractivity contribution < 1.29 is 0 Å². The first-order chi connectivity index (χ1) is 11.1. The van der Waals surface area contributed by atoms with Crippen LogP contribution in [-0.2, 0) is 0 Å². The van der Waals surface area contributed by atoms with Gasteiger partial charge in [-0.2, -0.15) is 5.10 Å². The Labute approximate surface area is 135 Å². The Kier molecular flexibility index (Phi) is 3.29. The molecule has 0 aliphatic heterocycles. The Morgan fingerprint density at radius 1 is 1.13 bits per heavy atom. The molecule has 1 fully saturated rings. The van der Waals surface area contributed by atoms with E-state index in [4.69, 9.17) is 15.1 Å². The Balaban J connectivity index is 1.97. The number of benzene rings is 1. The van der Waals surface area contributed by atoms with Gasteiger partial charge in [-0.05, 0) is 45.7 Å². The summed E-state index contributed by atoms with van der Waals surface area (Å²) in [5.41, 5.74) is 2.88. The lowest BCUT2D eigenvalue weighted by Gasteiger charge is -2.12. The van der Waals surface area contributed by atoms with Gasteiger partial charge in [0.25, 0.3) is 0 Å². The van der Waals surface area contributed by atoms with Gasteiger partial charge < -0.3 is 5.32 Å². The largest absolute Gasteiger partial charge is 0.367 e. The molecular formula is C18H21N5. The molecule has 118 valence electrons. The number of para-hydroxylation sites is 1. The third-order valence-corrected chi connectivity index (χ3v) is 4.09. The van der Waals surface area contributed by atoms with Crippen LogP contribution in [0.15, 0.2) is 30.3 Å². The van der Waals surface area contributed by atoms with Crippen molar-refractivity contribution in [1.29, 1.82) is 0 Å². The third kappa shape index (κ3) is 2.56. The van der Waals surface area contributed by atoms with E-state index < -0.39 is 0 Å². The van der Waals surface area contributed by atoms with Crippen LogP contribution >= 0.6 is 0 Å². The first-order valence-corrected chi connectivity index (χ1v) is 8.22. The summed E-state index contributed by atoms with van der Waals surface area (Å²) in [6.07, 6.45) is 2.37. The summed E-state index contributed by atoms with van der Waals surface area (Å²) in [6.45, 7) is 6.27. The molecule has 5 heteroatoms. The molecule has 1 saturated carbocycles. The summed E-state index contributed by atoms with van der Waals surface area (Å²) in [5, 5.41) is 9.22. The minimum absolute atomic E-state index is 0.319. The van der Waals surface area contributed by atoms with Crippen LogP contribution in [0.3, 0.4) is 0 Å². The second kappa shape index (κ2) is 5.33. The van der Waals surface area contributed by atoms with E-state index in [9.17, 15) is 0 Å². The second-order valence-corrected chi connectivity index (χ2v) is 6.54. The molecule has 1 aliphatic rings. The first kappa shape index (κ1) is 14.2. The van der Waals surface area contributed by atoms with Crippen LogP contribution in [0.2, 0.25) is 0 Å². The minimum atomic E-state index is 0.319. The van der Waals surface area contributed by atoms with E-state index in [0.29, 0.717) is 12.0 Å². The zero-order chi connectivity index (χ0) is 16.0. The topological polar surface area (TPSA) is 55.6 Å². The SMILES string of the molecule is Cc1nn(-c2ccccc2)c2nc(C3CC3)nc(NC(C)C)c12. The van der Waals surface area contributed by atoms with Crippen molar-refractivity contribution in [3.8, 4) is 5.69 Å². The van der Waals surface area contributed by atoms with Gasteiger partial charge >= 0.3 is 0 Å². The van der Waals surface area contributed by atoms with E-state index in [1.54, 1.807) is 0 Å².